The Hall–Kier alpha value is -1.85. The van der Waals surface area contributed by atoms with Gasteiger partial charge in [0.25, 0.3) is 5.91 Å². The topological polar surface area (TPSA) is 41.6 Å². The molecule has 0 aliphatic carbocycles. The number of benzene rings is 1. The molecule has 0 saturated heterocycles. The lowest BCUT2D eigenvalue weighted by atomic mass is 10.1. The van der Waals surface area contributed by atoms with E-state index in [2.05, 4.69) is 16.3 Å². The number of carbonyl (C=O) groups is 1. The van der Waals surface area contributed by atoms with Crippen molar-refractivity contribution in [2.45, 2.75) is 6.54 Å². The van der Waals surface area contributed by atoms with Gasteiger partial charge in [0.2, 0.25) is 0 Å². The van der Waals surface area contributed by atoms with Gasteiger partial charge in [-0.2, -0.15) is 0 Å². The van der Waals surface area contributed by atoms with Crippen molar-refractivity contribution < 1.29 is 9.53 Å². The van der Waals surface area contributed by atoms with E-state index < -0.39 is 0 Å². The van der Waals surface area contributed by atoms with Gasteiger partial charge in [0, 0.05) is 32.9 Å². The molecule has 0 aliphatic rings. The van der Waals surface area contributed by atoms with Gasteiger partial charge in [0.05, 0.1) is 11.5 Å². The molecule has 0 bridgehead atoms. The molecule has 112 valence electrons. The molecular weight excluding hydrogens is 284 g/mol. The molecule has 5 heteroatoms. The number of thiophene rings is 1. The molecule has 0 radical (unpaired) electrons. The van der Waals surface area contributed by atoms with Crippen LogP contribution in [0.15, 0.2) is 41.8 Å². The first-order valence-electron chi connectivity index (χ1n) is 6.82. The Morgan fingerprint density at radius 2 is 2.10 bits per heavy atom. The first-order valence-corrected chi connectivity index (χ1v) is 7.70. The van der Waals surface area contributed by atoms with E-state index in [1.807, 2.05) is 42.8 Å². The van der Waals surface area contributed by atoms with Crippen LogP contribution < -0.4 is 10.2 Å². The molecule has 0 atom stereocenters. The normalized spacial score (nSPS) is 10.4. The number of amides is 1. The zero-order valence-electron chi connectivity index (χ0n) is 12.3. The number of methoxy groups -OCH3 is 1. The summed E-state index contributed by atoms with van der Waals surface area (Å²) < 4.78 is 5.11. The molecule has 0 aliphatic heterocycles. The van der Waals surface area contributed by atoms with E-state index in [1.165, 1.54) is 11.3 Å². The largest absolute Gasteiger partial charge is 0.383 e. The van der Waals surface area contributed by atoms with Crippen LogP contribution in [0.3, 0.4) is 0 Å². The quantitative estimate of drug-likeness (QED) is 0.855. The molecule has 0 spiro atoms. The SMILES string of the molecule is COCCN(C)c1ccccc1CNC(=O)c1cccs1. The summed E-state index contributed by atoms with van der Waals surface area (Å²) in [6.45, 7) is 2.00. The molecule has 1 amide bonds. The standard InChI is InChI=1S/C16H20N2O2S/c1-18(9-10-20-2)14-7-4-3-6-13(14)12-17-16(19)15-8-5-11-21-15/h3-8,11H,9-10,12H2,1-2H3,(H,17,19). The zero-order chi connectivity index (χ0) is 15.1. The van der Waals surface area contributed by atoms with Crippen molar-refractivity contribution >= 4 is 22.9 Å². The van der Waals surface area contributed by atoms with Crippen LogP contribution in [0, 0.1) is 0 Å². The summed E-state index contributed by atoms with van der Waals surface area (Å²) in [6, 6.07) is 11.8. The minimum absolute atomic E-state index is 0.0284. The molecule has 1 aromatic carbocycles. The minimum Gasteiger partial charge on any atom is -0.383 e. The number of hydrogen-bond acceptors (Lipinski definition) is 4. The van der Waals surface area contributed by atoms with Crippen LogP contribution >= 0.6 is 11.3 Å². The summed E-state index contributed by atoms with van der Waals surface area (Å²) in [5.74, 6) is -0.0284. The molecule has 1 heterocycles. The molecule has 0 unspecified atom stereocenters. The first-order chi connectivity index (χ1) is 10.2. The molecule has 2 rings (SSSR count). The number of ether oxygens (including phenoxy) is 1. The van der Waals surface area contributed by atoms with Gasteiger partial charge in [-0.25, -0.2) is 0 Å². The summed E-state index contributed by atoms with van der Waals surface area (Å²) >= 11 is 1.45. The third kappa shape index (κ3) is 4.31. The molecule has 2 aromatic rings. The van der Waals surface area contributed by atoms with Gasteiger partial charge >= 0.3 is 0 Å². The number of para-hydroxylation sites is 1. The number of likely N-dealkylation sites (N-methyl/N-ethyl adjacent to an activating group) is 1. The fourth-order valence-electron chi connectivity index (χ4n) is 2.05. The van der Waals surface area contributed by atoms with Crippen molar-refractivity contribution in [3.05, 3.63) is 52.2 Å². The third-order valence-electron chi connectivity index (χ3n) is 3.22. The number of anilines is 1. The van der Waals surface area contributed by atoms with Crippen molar-refractivity contribution in [1.29, 1.82) is 0 Å². The number of nitrogens with zero attached hydrogens (tertiary/aromatic N) is 1. The number of rotatable bonds is 7. The average molecular weight is 304 g/mol. The van der Waals surface area contributed by atoms with Gasteiger partial charge in [-0.05, 0) is 23.1 Å². The smallest absolute Gasteiger partial charge is 0.261 e. The van der Waals surface area contributed by atoms with E-state index in [4.69, 9.17) is 4.74 Å². The lowest BCUT2D eigenvalue weighted by Gasteiger charge is -2.22. The van der Waals surface area contributed by atoms with Gasteiger partial charge in [-0.1, -0.05) is 24.3 Å². The maximum atomic E-state index is 12.0. The Bertz CT molecular complexity index is 569. The van der Waals surface area contributed by atoms with E-state index in [1.54, 1.807) is 7.11 Å². The van der Waals surface area contributed by atoms with E-state index in [-0.39, 0.29) is 5.91 Å². The van der Waals surface area contributed by atoms with E-state index in [0.717, 1.165) is 22.7 Å². The highest BCUT2D eigenvalue weighted by Gasteiger charge is 2.10. The van der Waals surface area contributed by atoms with Gasteiger partial charge in [0.1, 0.15) is 0 Å². The number of hydrogen-bond donors (Lipinski definition) is 1. The second-order valence-corrected chi connectivity index (χ2v) is 5.65. The number of carbonyl (C=O) groups excluding carboxylic acids is 1. The summed E-state index contributed by atoms with van der Waals surface area (Å²) in [5.41, 5.74) is 2.21. The summed E-state index contributed by atoms with van der Waals surface area (Å²) in [4.78, 5) is 14.9. The Kier molecular flexibility index (Phi) is 5.78. The molecule has 0 saturated carbocycles. The zero-order valence-corrected chi connectivity index (χ0v) is 13.2. The lowest BCUT2D eigenvalue weighted by Crippen LogP contribution is -2.26. The fraction of sp³-hybridized carbons (Fsp3) is 0.312. The van der Waals surface area contributed by atoms with Crippen LogP contribution in [0.25, 0.3) is 0 Å². The van der Waals surface area contributed by atoms with E-state index in [9.17, 15) is 4.79 Å². The lowest BCUT2D eigenvalue weighted by molar-refractivity contribution is 0.0955. The van der Waals surface area contributed by atoms with Crippen LogP contribution in [-0.4, -0.2) is 33.2 Å². The maximum Gasteiger partial charge on any atom is 0.261 e. The van der Waals surface area contributed by atoms with Crippen molar-refractivity contribution in [2.24, 2.45) is 0 Å². The third-order valence-corrected chi connectivity index (χ3v) is 4.09. The summed E-state index contributed by atoms with van der Waals surface area (Å²) in [5, 5.41) is 4.87. The number of nitrogens with one attached hydrogen (secondary N) is 1. The second-order valence-electron chi connectivity index (χ2n) is 4.70. The van der Waals surface area contributed by atoms with Gasteiger partial charge in [0.15, 0.2) is 0 Å². The van der Waals surface area contributed by atoms with Crippen molar-refractivity contribution in [1.82, 2.24) is 5.32 Å². The molecule has 1 aromatic heterocycles. The van der Waals surface area contributed by atoms with Crippen LogP contribution in [-0.2, 0) is 11.3 Å². The molecule has 1 N–H and O–H groups in total. The first kappa shape index (κ1) is 15.5. The summed E-state index contributed by atoms with van der Waals surface area (Å²) in [6.07, 6.45) is 0. The Morgan fingerprint density at radius 1 is 1.29 bits per heavy atom. The van der Waals surface area contributed by atoms with Crippen molar-refractivity contribution in [3.8, 4) is 0 Å². The highest BCUT2D eigenvalue weighted by molar-refractivity contribution is 7.12. The molecule has 0 fully saturated rings. The predicted molar refractivity (Wildman–Crippen MR) is 87.1 cm³/mol. The Balaban J connectivity index is 2.01. The monoisotopic (exact) mass is 304 g/mol. The highest BCUT2D eigenvalue weighted by Crippen LogP contribution is 2.19. The Morgan fingerprint density at radius 3 is 2.81 bits per heavy atom. The average Bonchev–Trinajstić information content (AvgIpc) is 3.05. The van der Waals surface area contributed by atoms with Crippen LogP contribution in [0.1, 0.15) is 15.2 Å². The highest BCUT2D eigenvalue weighted by atomic mass is 32.1. The van der Waals surface area contributed by atoms with E-state index in [0.29, 0.717) is 13.2 Å². The minimum atomic E-state index is -0.0284. The Labute approximate surface area is 129 Å². The van der Waals surface area contributed by atoms with Gasteiger partial charge < -0.3 is 15.0 Å². The van der Waals surface area contributed by atoms with E-state index >= 15 is 0 Å². The van der Waals surface area contributed by atoms with Crippen LogP contribution in [0.2, 0.25) is 0 Å². The molecule has 4 nitrogen and oxygen atoms in total. The fourth-order valence-corrected chi connectivity index (χ4v) is 2.69. The predicted octanol–water partition coefficient (Wildman–Crippen LogP) is 2.76. The van der Waals surface area contributed by atoms with Gasteiger partial charge in [-0.3, -0.25) is 4.79 Å². The van der Waals surface area contributed by atoms with Crippen molar-refractivity contribution in [3.63, 3.8) is 0 Å². The van der Waals surface area contributed by atoms with Crippen molar-refractivity contribution in [2.75, 3.05) is 32.2 Å². The molecule has 21 heavy (non-hydrogen) atoms. The van der Waals surface area contributed by atoms with Gasteiger partial charge in [-0.15, -0.1) is 11.3 Å². The molecular formula is C16H20N2O2S. The maximum absolute atomic E-state index is 12.0. The van der Waals surface area contributed by atoms with Crippen LogP contribution in [0.4, 0.5) is 5.69 Å². The summed E-state index contributed by atoms with van der Waals surface area (Å²) in [7, 11) is 3.72. The van der Waals surface area contributed by atoms with Crippen LogP contribution in [0.5, 0.6) is 0 Å². The second kappa shape index (κ2) is 7.81.